The smallest absolute Gasteiger partial charge is 0.317 e. The normalized spacial score (nSPS) is 22.7. The number of anilines is 3. The summed E-state index contributed by atoms with van der Waals surface area (Å²) in [7, 11) is 0. The van der Waals surface area contributed by atoms with Crippen LogP contribution in [0.2, 0.25) is 0 Å². The fourth-order valence-electron chi connectivity index (χ4n) is 7.20. The number of aromatic nitrogens is 3. The van der Waals surface area contributed by atoms with Crippen molar-refractivity contribution >= 4 is 29.3 Å². The van der Waals surface area contributed by atoms with Gasteiger partial charge in [-0.2, -0.15) is 4.98 Å². The summed E-state index contributed by atoms with van der Waals surface area (Å²) in [6.07, 6.45) is 13.2. The van der Waals surface area contributed by atoms with E-state index in [1.54, 1.807) is 0 Å². The largest absolute Gasteiger partial charge is 0.382 e. The molecule has 2 amide bonds. The zero-order chi connectivity index (χ0) is 28.9. The van der Waals surface area contributed by atoms with E-state index < -0.39 is 0 Å². The van der Waals surface area contributed by atoms with Crippen molar-refractivity contribution in [3.05, 3.63) is 35.5 Å². The molecule has 1 aliphatic carbocycles. The maximum absolute atomic E-state index is 12.8. The van der Waals surface area contributed by atoms with Crippen LogP contribution >= 0.6 is 0 Å². The number of hydrogen-bond donors (Lipinski definition) is 4. The number of likely N-dealkylation sites (tertiary alicyclic amines) is 2. The maximum Gasteiger partial charge on any atom is 0.317 e. The lowest BCUT2D eigenvalue weighted by molar-refractivity contribution is 0.154. The quantitative estimate of drug-likeness (QED) is 0.285. The first-order valence-corrected chi connectivity index (χ1v) is 16.0. The van der Waals surface area contributed by atoms with Crippen molar-refractivity contribution in [2.75, 3.05) is 49.5 Å². The molecule has 226 valence electrons. The van der Waals surface area contributed by atoms with Gasteiger partial charge < -0.3 is 31.1 Å². The summed E-state index contributed by atoms with van der Waals surface area (Å²) in [5.41, 5.74) is 8.34. The molecule has 4 heterocycles. The van der Waals surface area contributed by atoms with Crippen LogP contribution in [-0.2, 0) is 0 Å². The molecule has 1 aromatic carbocycles. The first kappa shape index (κ1) is 28.6. The van der Waals surface area contributed by atoms with Gasteiger partial charge in [-0.1, -0.05) is 25.0 Å². The summed E-state index contributed by atoms with van der Waals surface area (Å²) in [6.45, 7) is 5.46. The summed E-state index contributed by atoms with van der Waals surface area (Å²) in [5, 5.41) is 23.2. The number of amides is 2. The third-order valence-corrected chi connectivity index (χ3v) is 9.62. The Bertz CT molecular complexity index is 1220. The number of carbonyl (C=O) groups is 1. The fraction of sp³-hybridized carbons (Fsp3) is 0.645. The number of rotatable bonds is 7. The zero-order valence-corrected chi connectivity index (χ0v) is 24.7. The van der Waals surface area contributed by atoms with Gasteiger partial charge in [0.1, 0.15) is 5.84 Å². The summed E-state index contributed by atoms with van der Waals surface area (Å²) in [4.78, 5) is 24.3. The van der Waals surface area contributed by atoms with Crippen LogP contribution in [0.15, 0.2) is 24.3 Å². The van der Waals surface area contributed by atoms with Crippen LogP contribution in [-0.4, -0.2) is 88.2 Å². The highest BCUT2D eigenvalue weighted by Gasteiger charge is 2.29. The van der Waals surface area contributed by atoms with Crippen molar-refractivity contribution in [2.24, 2.45) is 5.73 Å². The highest BCUT2D eigenvalue weighted by molar-refractivity contribution is 5.98. The van der Waals surface area contributed by atoms with Crippen LogP contribution in [0.1, 0.15) is 87.8 Å². The molecule has 0 radical (unpaired) electrons. The molecule has 11 nitrogen and oxygen atoms in total. The number of urea groups is 1. The molecule has 2 aromatic rings. The van der Waals surface area contributed by atoms with Crippen molar-refractivity contribution in [2.45, 2.75) is 88.6 Å². The number of nitrogen functional groups attached to an aromatic ring is 1. The average Bonchev–Trinajstić information content (AvgIpc) is 3.57. The third kappa shape index (κ3) is 6.77. The third-order valence-electron chi connectivity index (χ3n) is 9.62. The average molecular weight is 575 g/mol. The SMILES string of the molecule is N=C(N)c1nnc(N2CCC[C@@H](NC(=O)N3CCCCC3)C2)nc1Nc1ccc(C2CCN(C3CCCC3)CC2)cc1. The number of amidine groups is 1. The van der Waals surface area contributed by atoms with E-state index in [0.717, 1.165) is 57.0 Å². The Kier molecular flexibility index (Phi) is 9.02. The second-order valence-electron chi connectivity index (χ2n) is 12.5. The molecule has 3 saturated heterocycles. The van der Waals surface area contributed by atoms with Gasteiger partial charge >= 0.3 is 6.03 Å². The van der Waals surface area contributed by atoms with Gasteiger partial charge in [0.15, 0.2) is 11.5 Å². The molecule has 1 aromatic heterocycles. The van der Waals surface area contributed by atoms with Crippen molar-refractivity contribution < 1.29 is 4.79 Å². The monoisotopic (exact) mass is 574 g/mol. The van der Waals surface area contributed by atoms with Gasteiger partial charge in [-0.05, 0) is 94.5 Å². The molecule has 4 fully saturated rings. The molecular weight excluding hydrogens is 528 g/mol. The second-order valence-corrected chi connectivity index (χ2v) is 12.5. The Hall–Kier alpha value is -3.47. The Morgan fingerprint density at radius 1 is 0.857 bits per heavy atom. The van der Waals surface area contributed by atoms with Crippen molar-refractivity contribution in [1.29, 1.82) is 5.41 Å². The van der Waals surface area contributed by atoms with E-state index in [1.165, 1.54) is 63.6 Å². The fourth-order valence-corrected chi connectivity index (χ4v) is 7.20. The highest BCUT2D eigenvalue weighted by atomic mass is 16.2. The van der Waals surface area contributed by atoms with Crippen molar-refractivity contribution in [1.82, 2.24) is 30.3 Å². The molecule has 4 aliphatic rings. The lowest BCUT2D eigenvalue weighted by Gasteiger charge is -2.36. The molecule has 6 rings (SSSR count). The molecule has 3 aliphatic heterocycles. The summed E-state index contributed by atoms with van der Waals surface area (Å²) >= 11 is 0. The van der Waals surface area contributed by atoms with Gasteiger partial charge in [-0.3, -0.25) is 5.41 Å². The van der Waals surface area contributed by atoms with Gasteiger partial charge in [-0.25, -0.2) is 4.79 Å². The number of nitrogens with one attached hydrogen (secondary N) is 3. The van der Waals surface area contributed by atoms with Gasteiger partial charge in [0.2, 0.25) is 5.95 Å². The number of benzene rings is 1. The van der Waals surface area contributed by atoms with Gasteiger partial charge in [-0.15, -0.1) is 10.2 Å². The second kappa shape index (κ2) is 13.2. The Labute approximate surface area is 249 Å². The Morgan fingerprint density at radius 2 is 1.60 bits per heavy atom. The summed E-state index contributed by atoms with van der Waals surface area (Å²) in [5.74, 6) is 1.31. The van der Waals surface area contributed by atoms with Crippen molar-refractivity contribution in [3.63, 3.8) is 0 Å². The number of nitrogens with two attached hydrogens (primary N) is 1. The maximum atomic E-state index is 12.8. The van der Waals surface area contributed by atoms with E-state index in [-0.39, 0.29) is 23.6 Å². The molecule has 1 atom stereocenters. The van der Waals surface area contributed by atoms with Crippen LogP contribution in [0.5, 0.6) is 0 Å². The molecule has 5 N–H and O–H groups in total. The Balaban J connectivity index is 1.09. The predicted molar refractivity (Wildman–Crippen MR) is 166 cm³/mol. The lowest BCUT2D eigenvalue weighted by Crippen LogP contribution is -2.52. The van der Waals surface area contributed by atoms with Crippen LogP contribution in [0.3, 0.4) is 0 Å². The van der Waals surface area contributed by atoms with Gasteiger partial charge in [0, 0.05) is 44.0 Å². The minimum Gasteiger partial charge on any atom is -0.382 e. The first-order valence-electron chi connectivity index (χ1n) is 16.0. The number of nitrogens with zero attached hydrogens (tertiary/aromatic N) is 6. The van der Waals surface area contributed by atoms with E-state index >= 15 is 0 Å². The summed E-state index contributed by atoms with van der Waals surface area (Å²) < 4.78 is 0. The van der Waals surface area contributed by atoms with Gasteiger partial charge in [0.25, 0.3) is 0 Å². The van der Waals surface area contributed by atoms with E-state index in [1.807, 2.05) is 4.90 Å². The van der Waals surface area contributed by atoms with Crippen LogP contribution < -0.4 is 21.3 Å². The minimum atomic E-state index is -0.181. The highest BCUT2D eigenvalue weighted by Crippen LogP contribution is 2.33. The standard InChI is InChI=1S/C31H46N10O/c32-28(33)27-29(34-24-12-10-22(11-13-24)23-14-19-39(20-15-23)26-8-2-3-9-26)36-30(38-37-27)41-18-6-7-25(21-41)35-31(42)40-16-4-1-5-17-40/h10-13,23,25-26H,1-9,14-21H2,(H3,32,33)(H,35,42)(H,34,36,38)/t25-/m1/s1. The van der Waals surface area contributed by atoms with E-state index in [0.29, 0.717) is 24.2 Å². The molecule has 42 heavy (non-hydrogen) atoms. The topological polar surface area (TPSA) is 139 Å². The molecule has 0 spiro atoms. The van der Waals surface area contributed by atoms with E-state index in [2.05, 4.69) is 54.9 Å². The molecule has 1 saturated carbocycles. The molecular formula is C31H46N10O. The summed E-state index contributed by atoms with van der Waals surface area (Å²) in [6, 6.07) is 9.45. The lowest BCUT2D eigenvalue weighted by atomic mass is 9.88. The molecule has 0 unspecified atom stereocenters. The minimum absolute atomic E-state index is 0.0256. The number of carbonyl (C=O) groups excluding carboxylic acids is 1. The van der Waals surface area contributed by atoms with Crippen LogP contribution in [0.25, 0.3) is 0 Å². The molecule has 11 heteroatoms. The van der Waals surface area contributed by atoms with Crippen molar-refractivity contribution in [3.8, 4) is 0 Å². The predicted octanol–water partition coefficient (Wildman–Crippen LogP) is 4.19. The van der Waals surface area contributed by atoms with Crippen LogP contribution in [0.4, 0.5) is 22.2 Å². The molecule has 0 bridgehead atoms. The van der Waals surface area contributed by atoms with Gasteiger partial charge in [0.05, 0.1) is 0 Å². The Morgan fingerprint density at radius 3 is 2.31 bits per heavy atom. The first-order chi connectivity index (χ1) is 20.5. The van der Waals surface area contributed by atoms with E-state index in [9.17, 15) is 4.79 Å². The number of piperidine rings is 3. The van der Waals surface area contributed by atoms with E-state index in [4.69, 9.17) is 16.1 Å². The zero-order valence-electron chi connectivity index (χ0n) is 24.7. The number of hydrogen-bond acceptors (Lipinski definition) is 8. The van der Waals surface area contributed by atoms with Crippen LogP contribution in [0, 0.1) is 5.41 Å².